The fourth-order valence-corrected chi connectivity index (χ4v) is 4.25. The van der Waals surface area contributed by atoms with Crippen LogP contribution in [0.5, 0.6) is 0 Å². The molecule has 0 aromatic rings. The monoisotopic (exact) mass is 249 g/mol. The minimum absolute atomic E-state index is 0.0401. The number of carboxylic acids is 1. The Morgan fingerprint density at radius 3 is 2.62 bits per heavy atom. The molecule has 0 amide bonds. The lowest BCUT2D eigenvalue weighted by Gasteiger charge is -2.37. The number of carboxylic acid groups (broad SMARTS) is 1. The number of aliphatic carboxylic acids is 1. The van der Waals surface area contributed by atoms with Crippen molar-refractivity contribution in [2.45, 2.75) is 24.8 Å². The molecule has 6 nitrogen and oxygen atoms in total. The van der Waals surface area contributed by atoms with E-state index in [1.807, 2.05) is 0 Å². The summed E-state index contributed by atoms with van der Waals surface area (Å²) in [5, 5.41) is 9.26. The van der Waals surface area contributed by atoms with Gasteiger partial charge in [-0.1, -0.05) is 0 Å². The molecule has 0 bridgehead atoms. The van der Waals surface area contributed by atoms with Gasteiger partial charge in [0.05, 0.1) is 12.4 Å². The fraction of sp³-hybridized carbons (Fsp3) is 0.889. The van der Waals surface area contributed by atoms with E-state index in [4.69, 9.17) is 4.74 Å². The number of hydrogen-bond donors (Lipinski definition) is 1. The highest BCUT2D eigenvalue weighted by molar-refractivity contribution is 7.89. The molecule has 0 radical (unpaired) electrons. The van der Waals surface area contributed by atoms with Crippen molar-refractivity contribution in [2.24, 2.45) is 0 Å². The molecule has 0 spiro atoms. The highest BCUT2D eigenvalue weighted by Gasteiger charge is 2.52. The average Bonchev–Trinajstić information content (AvgIpc) is 2.66. The second-order valence-electron chi connectivity index (χ2n) is 4.23. The molecule has 2 aliphatic rings. The Labute approximate surface area is 94.2 Å². The van der Waals surface area contributed by atoms with Gasteiger partial charge in [-0.25, -0.2) is 8.42 Å². The second kappa shape index (κ2) is 3.97. The Kier molecular flexibility index (Phi) is 2.93. The zero-order valence-corrected chi connectivity index (χ0v) is 9.70. The normalized spacial score (nSPS) is 35.0. The van der Waals surface area contributed by atoms with Crippen molar-refractivity contribution >= 4 is 16.0 Å². The van der Waals surface area contributed by atoms with Crippen LogP contribution < -0.4 is 0 Å². The van der Waals surface area contributed by atoms with Crippen LogP contribution in [0.2, 0.25) is 0 Å². The van der Waals surface area contributed by atoms with Crippen molar-refractivity contribution in [1.29, 1.82) is 0 Å². The van der Waals surface area contributed by atoms with Crippen molar-refractivity contribution < 1.29 is 23.1 Å². The van der Waals surface area contributed by atoms with E-state index < -0.39 is 21.5 Å². The molecule has 0 saturated carbocycles. The van der Waals surface area contributed by atoms with Gasteiger partial charge in [0.2, 0.25) is 10.0 Å². The van der Waals surface area contributed by atoms with E-state index in [1.54, 1.807) is 0 Å². The summed E-state index contributed by atoms with van der Waals surface area (Å²) in [6.07, 6.45) is 1.56. The van der Waals surface area contributed by atoms with Crippen molar-refractivity contribution in [1.82, 2.24) is 4.31 Å². The second-order valence-corrected chi connectivity index (χ2v) is 6.25. The molecule has 2 fully saturated rings. The van der Waals surface area contributed by atoms with Gasteiger partial charge in [0.25, 0.3) is 0 Å². The van der Waals surface area contributed by atoms with Crippen molar-refractivity contribution in [2.75, 3.05) is 25.5 Å². The summed E-state index contributed by atoms with van der Waals surface area (Å²) in [7, 11) is -3.44. The molecule has 2 rings (SSSR count). The Balaban J connectivity index is 2.36. The molecule has 7 heteroatoms. The third-order valence-electron chi connectivity index (χ3n) is 3.23. The van der Waals surface area contributed by atoms with Gasteiger partial charge in [-0.15, -0.1) is 0 Å². The topological polar surface area (TPSA) is 83.9 Å². The number of ether oxygens (including phenoxy) is 1. The van der Waals surface area contributed by atoms with E-state index in [2.05, 4.69) is 0 Å². The highest BCUT2D eigenvalue weighted by Crippen LogP contribution is 2.32. The molecule has 2 aliphatic heterocycles. The van der Waals surface area contributed by atoms with Crippen molar-refractivity contribution in [3.63, 3.8) is 0 Å². The summed E-state index contributed by atoms with van der Waals surface area (Å²) < 4.78 is 30.0. The van der Waals surface area contributed by atoms with E-state index >= 15 is 0 Å². The molecule has 0 aromatic carbocycles. The first-order valence-electron chi connectivity index (χ1n) is 5.31. The molecule has 16 heavy (non-hydrogen) atoms. The Bertz CT molecular complexity index is 385. The van der Waals surface area contributed by atoms with Gasteiger partial charge in [-0.05, 0) is 12.8 Å². The zero-order valence-electron chi connectivity index (χ0n) is 8.89. The smallest absolute Gasteiger partial charge is 0.327 e. The summed E-state index contributed by atoms with van der Waals surface area (Å²) in [5.74, 6) is -1.06. The predicted molar refractivity (Wildman–Crippen MR) is 55.5 cm³/mol. The van der Waals surface area contributed by atoms with Crippen LogP contribution >= 0.6 is 0 Å². The molecular formula is C9H15NO5S. The summed E-state index contributed by atoms with van der Waals surface area (Å²) in [5.41, 5.74) is -1.36. The van der Waals surface area contributed by atoms with E-state index in [0.717, 1.165) is 4.31 Å². The van der Waals surface area contributed by atoms with E-state index in [0.29, 0.717) is 19.4 Å². The van der Waals surface area contributed by atoms with Crippen molar-refractivity contribution in [3.8, 4) is 0 Å². The number of sulfonamides is 1. The van der Waals surface area contributed by atoms with Crippen LogP contribution in [-0.4, -0.2) is 54.8 Å². The molecular weight excluding hydrogens is 234 g/mol. The first kappa shape index (κ1) is 11.8. The molecule has 92 valence electrons. The fourth-order valence-electron chi connectivity index (χ4n) is 2.30. The summed E-state index contributed by atoms with van der Waals surface area (Å²) in [6, 6.07) is 0. The van der Waals surface area contributed by atoms with E-state index in [9.17, 15) is 18.3 Å². The Hall–Kier alpha value is -0.660. The Morgan fingerprint density at radius 2 is 2.12 bits per heavy atom. The van der Waals surface area contributed by atoms with Gasteiger partial charge >= 0.3 is 5.97 Å². The number of hydrogen-bond acceptors (Lipinski definition) is 4. The number of carbonyl (C=O) groups is 1. The minimum Gasteiger partial charge on any atom is -0.480 e. The van der Waals surface area contributed by atoms with Gasteiger partial charge < -0.3 is 9.84 Å². The summed E-state index contributed by atoms with van der Waals surface area (Å²) >= 11 is 0. The van der Waals surface area contributed by atoms with Gasteiger partial charge in [0.15, 0.2) is 5.54 Å². The van der Waals surface area contributed by atoms with Gasteiger partial charge in [0, 0.05) is 19.6 Å². The van der Waals surface area contributed by atoms with Crippen LogP contribution in [0.1, 0.15) is 19.3 Å². The van der Waals surface area contributed by atoms with Crippen LogP contribution in [-0.2, 0) is 19.6 Å². The first-order valence-corrected chi connectivity index (χ1v) is 6.92. The lowest BCUT2D eigenvalue weighted by molar-refractivity contribution is -0.148. The maximum absolute atomic E-state index is 11.9. The molecule has 1 atom stereocenters. The number of rotatable bonds is 2. The van der Waals surface area contributed by atoms with Crippen LogP contribution in [0.3, 0.4) is 0 Å². The van der Waals surface area contributed by atoms with Crippen molar-refractivity contribution in [3.05, 3.63) is 0 Å². The van der Waals surface area contributed by atoms with E-state index in [-0.39, 0.29) is 25.3 Å². The third kappa shape index (κ3) is 1.72. The third-order valence-corrected chi connectivity index (χ3v) is 5.23. The first-order chi connectivity index (χ1) is 7.49. The molecule has 2 heterocycles. The summed E-state index contributed by atoms with van der Waals surface area (Å²) in [4.78, 5) is 11.3. The quantitative estimate of drug-likeness (QED) is 0.723. The molecule has 0 aromatic heterocycles. The zero-order chi connectivity index (χ0) is 11.8. The van der Waals surface area contributed by atoms with Gasteiger partial charge in [0.1, 0.15) is 0 Å². The highest BCUT2D eigenvalue weighted by atomic mass is 32.2. The lowest BCUT2D eigenvalue weighted by atomic mass is 9.98. The number of nitrogens with zero attached hydrogens (tertiary/aromatic N) is 1. The predicted octanol–water partition coefficient (Wildman–Crippen LogP) is -0.344. The van der Waals surface area contributed by atoms with Crippen LogP contribution in [0.4, 0.5) is 0 Å². The standard InChI is InChI=1S/C9H15NO5S/c11-8(12)9(3-5-15-7-9)10-4-1-2-6-16(10,13)14/h1-7H2,(H,11,12). The molecule has 2 saturated heterocycles. The molecule has 0 aliphatic carbocycles. The maximum Gasteiger partial charge on any atom is 0.327 e. The van der Waals surface area contributed by atoms with E-state index in [1.165, 1.54) is 0 Å². The SMILES string of the molecule is O=C(O)C1(N2CCCCS2(=O)=O)CCOC1. The Morgan fingerprint density at radius 1 is 1.38 bits per heavy atom. The maximum atomic E-state index is 11.9. The molecule has 1 N–H and O–H groups in total. The molecule has 1 unspecified atom stereocenters. The van der Waals surface area contributed by atoms with Gasteiger partial charge in [-0.2, -0.15) is 4.31 Å². The van der Waals surface area contributed by atoms with Crippen LogP contribution in [0, 0.1) is 0 Å². The lowest BCUT2D eigenvalue weighted by Crippen LogP contribution is -2.59. The largest absolute Gasteiger partial charge is 0.480 e. The minimum atomic E-state index is -3.44. The average molecular weight is 249 g/mol. The van der Waals surface area contributed by atoms with Crippen LogP contribution in [0.15, 0.2) is 0 Å². The summed E-state index contributed by atoms with van der Waals surface area (Å²) in [6.45, 7) is 0.553. The van der Waals surface area contributed by atoms with Crippen LogP contribution in [0.25, 0.3) is 0 Å². The van der Waals surface area contributed by atoms with Gasteiger partial charge in [-0.3, -0.25) is 4.79 Å².